The van der Waals surface area contributed by atoms with Gasteiger partial charge in [0.15, 0.2) is 9.84 Å². The fraction of sp³-hybridized carbons (Fsp3) is 0.591. The first-order chi connectivity index (χ1) is 13.7. The molecule has 1 rings (SSSR count). The molecule has 0 aliphatic rings. The van der Waals surface area contributed by atoms with Gasteiger partial charge in [0.2, 0.25) is 0 Å². The summed E-state index contributed by atoms with van der Waals surface area (Å²) in [6.07, 6.45) is 0. The summed E-state index contributed by atoms with van der Waals surface area (Å²) in [5.74, 6) is 0. The number of hydrogen-bond donors (Lipinski definition) is 0. The number of benzene rings is 1. The zero-order valence-corrected chi connectivity index (χ0v) is 26.6. The Bertz CT molecular complexity index is 844. The van der Waals surface area contributed by atoms with Gasteiger partial charge in [0, 0.05) is 17.4 Å². The third-order valence-corrected chi connectivity index (χ3v) is 13.6. The molecule has 0 heterocycles. The summed E-state index contributed by atoms with van der Waals surface area (Å²) < 4.78 is 48.9. The van der Waals surface area contributed by atoms with Crippen LogP contribution in [0.5, 0.6) is 0 Å². The van der Waals surface area contributed by atoms with Gasteiger partial charge in [-0.2, -0.15) is 0 Å². The van der Waals surface area contributed by atoms with Gasteiger partial charge in [0.1, 0.15) is 0 Å². The molecule has 0 spiro atoms. The van der Waals surface area contributed by atoms with Crippen LogP contribution >= 0.6 is 0 Å². The Morgan fingerprint density at radius 1 is 0.656 bits per heavy atom. The molecule has 0 saturated carbocycles. The normalized spacial score (nSPS) is 11.7. The molecule has 180 valence electrons. The van der Waals surface area contributed by atoms with Crippen LogP contribution in [0.4, 0.5) is 0 Å². The molecule has 5 nitrogen and oxygen atoms in total. The van der Waals surface area contributed by atoms with E-state index in [0.717, 1.165) is 10.4 Å². The maximum atomic E-state index is 13.6. The van der Waals surface area contributed by atoms with E-state index in [-0.39, 0.29) is 17.4 Å². The quantitative estimate of drug-likeness (QED) is 0.324. The fourth-order valence-electron chi connectivity index (χ4n) is 2.77. The number of sulfone groups is 1. The van der Waals surface area contributed by atoms with Gasteiger partial charge in [-0.25, -0.2) is 8.42 Å². The van der Waals surface area contributed by atoms with E-state index in [2.05, 4.69) is 91.0 Å². The molecule has 10 heteroatoms. The van der Waals surface area contributed by atoms with Crippen molar-refractivity contribution < 1.29 is 39.7 Å². The van der Waals surface area contributed by atoms with Crippen molar-refractivity contribution in [2.75, 3.05) is 0 Å². The minimum atomic E-state index is -3.38. The largest absolute Gasteiger partial charge is 0 e. The van der Waals surface area contributed by atoms with Crippen molar-refractivity contribution in [3.05, 3.63) is 32.1 Å². The van der Waals surface area contributed by atoms with Gasteiger partial charge in [-0.15, -0.1) is 0 Å². The zero-order valence-electron chi connectivity index (χ0n) is 21.5. The van der Waals surface area contributed by atoms with Gasteiger partial charge in [-0.05, 0) is 31.1 Å². The molecular formula is C22H38CrO5SSi3. The van der Waals surface area contributed by atoms with E-state index in [1.54, 1.807) is 0 Å². The summed E-state index contributed by atoms with van der Waals surface area (Å²) in [5, 5.41) is 3.68. The standard InChI is InChI=1S/C19H38O2SSi3.3CO.Cr/c1-19(2,3)22(20,21)18-16(24(7,8)9)13-15(23(4,5)6)14-17(18)25(10,11)12;3*1-2;/h13-14H,1-12H3;;;;. The Kier molecular flexibility index (Phi) is 17.1. The first-order valence-electron chi connectivity index (χ1n) is 9.76. The molecule has 0 amide bonds. The second kappa shape index (κ2) is 14.1. The Labute approximate surface area is 210 Å². The van der Waals surface area contributed by atoms with Crippen molar-refractivity contribution in [3.63, 3.8) is 0 Å². The van der Waals surface area contributed by atoms with E-state index < -0.39 is 38.8 Å². The molecule has 1 aromatic carbocycles. The summed E-state index contributed by atoms with van der Waals surface area (Å²) in [6.45, 7) is 39.7. The van der Waals surface area contributed by atoms with E-state index in [4.69, 9.17) is 14.0 Å². The molecule has 32 heavy (non-hydrogen) atoms. The number of hydrogen-bond acceptors (Lipinski definition) is 2. The Morgan fingerprint density at radius 2 is 0.906 bits per heavy atom. The predicted molar refractivity (Wildman–Crippen MR) is 134 cm³/mol. The molecule has 1 aromatic rings. The van der Waals surface area contributed by atoms with Crippen molar-refractivity contribution in [2.24, 2.45) is 0 Å². The van der Waals surface area contributed by atoms with E-state index >= 15 is 0 Å². The van der Waals surface area contributed by atoms with Crippen molar-refractivity contribution in [3.8, 4) is 0 Å². The van der Waals surface area contributed by atoms with Crippen LogP contribution in [0.2, 0.25) is 58.9 Å². The van der Waals surface area contributed by atoms with Crippen LogP contribution in [-0.4, -0.2) is 37.4 Å². The molecule has 0 aromatic heterocycles. The van der Waals surface area contributed by atoms with Crippen molar-refractivity contribution in [1.82, 2.24) is 0 Å². The summed E-state index contributed by atoms with van der Waals surface area (Å²) in [7, 11) is -8.56. The van der Waals surface area contributed by atoms with Crippen LogP contribution in [0, 0.1) is 20.0 Å². The first-order valence-corrected chi connectivity index (χ1v) is 21.7. The molecule has 0 unspecified atom stereocenters. The topological polar surface area (TPSA) is 93.8 Å². The van der Waals surface area contributed by atoms with Crippen molar-refractivity contribution >= 4 is 49.6 Å². The summed E-state index contributed by atoms with van der Waals surface area (Å²) in [4.78, 5) is 0.681. The monoisotopic (exact) mass is 550 g/mol. The van der Waals surface area contributed by atoms with Crippen LogP contribution < -0.4 is 15.6 Å². The van der Waals surface area contributed by atoms with Gasteiger partial charge in [0.25, 0.3) is 0 Å². The maximum absolute atomic E-state index is 13.6. The Hall–Kier alpha value is -0.427. The Morgan fingerprint density at radius 3 is 1.06 bits per heavy atom. The minimum Gasteiger partial charge on any atom is 0 e. The minimum absolute atomic E-state index is 0. The fourth-order valence-corrected chi connectivity index (χ4v) is 11.1. The van der Waals surface area contributed by atoms with Crippen LogP contribution in [0.15, 0.2) is 17.0 Å². The molecule has 0 aliphatic carbocycles. The van der Waals surface area contributed by atoms with E-state index in [1.807, 2.05) is 20.8 Å². The molecule has 0 aliphatic heterocycles. The molecule has 0 saturated heterocycles. The molecule has 0 radical (unpaired) electrons. The zero-order chi connectivity index (χ0) is 26.2. The van der Waals surface area contributed by atoms with Gasteiger partial charge in [-0.3, -0.25) is 0 Å². The number of rotatable bonds is 4. The summed E-state index contributed by atoms with van der Waals surface area (Å²) in [6, 6.07) is 4.53. The Balaban J connectivity index is -0.000000514. The van der Waals surface area contributed by atoms with Gasteiger partial charge < -0.3 is 0 Å². The third kappa shape index (κ3) is 10.2. The van der Waals surface area contributed by atoms with Crippen molar-refractivity contribution in [1.29, 1.82) is 0 Å². The summed E-state index contributed by atoms with van der Waals surface area (Å²) >= 11 is 0. The van der Waals surface area contributed by atoms with Gasteiger partial charge in [0.05, 0.1) is 33.9 Å². The second-order valence-corrected chi connectivity index (χ2v) is 29.1. The van der Waals surface area contributed by atoms with Crippen LogP contribution in [0.1, 0.15) is 20.8 Å². The predicted octanol–water partition coefficient (Wildman–Crippen LogP) is 3.78. The third-order valence-electron chi connectivity index (χ3n) is 4.65. The van der Waals surface area contributed by atoms with Crippen LogP contribution in [-0.2, 0) is 41.2 Å². The molecular weight excluding hydrogens is 513 g/mol. The smallest absolute Gasteiger partial charge is 0 e. The van der Waals surface area contributed by atoms with E-state index in [0.29, 0.717) is 4.90 Å². The maximum Gasteiger partial charge on any atom is 0 e. The average molecular weight is 551 g/mol. The SMILES string of the molecule is CC(C)(C)S(=O)(=O)c1c([Si](C)(C)C)cc([Si](C)(C)C)cc1[Si](C)(C)C.[C-]#[O+].[C-]#[O+].[C-]#[O+].[Cr]. The molecule has 0 bridgehead atoms. The second-order valence-electron chi connectivity index (χ2n) is 11.3. The molecule has 0 N–H and O–H groups in total. The summed E-state index contributed by atoms with van der Waals surface area (Å²) in [5.41, 5.74) is 0. The van der Waals surface area contributed by atoms with Gasteiger partial charge >= 0.3 is 33.9 Å². The van der Waals surface area contributed by atoms with Gasteiger partial charge in [-0.1, -0.05) is 76.2 Å². The first kappa shape index (κ1) is 38.8. The van der Waals surface area contributed by atoms with Crippen LogP contribution in [0.25, 0.3) is 0 Å². The molecule has 0 fully saturated rings. The van der Waals surface area contributed by atoms with E-state index in [9.17, 15) is 8.42 Å². The molecule has 0 atom stereocenters. The van der Waals surface area contributed by atoms with Crippen molar-refractivity contribution in [2.45, 2.75) is 89.3 Å². The van der Waals surface area contributed by atoms with Crippen LogP contribution in [0.3, 0.4) is 0 Å². The average Bonchev–Trinajstić information content (AvgIpc) is 2.62. The van der Waals surface area contributed by atoms with E-state index in [1.165, 1.54) is 5.19 Å².